The van der Waals surface area contributed by atoms with Crippen molar-refractivity contribution in [2.45, 2.75) is 18.7 Å². The maximum absolute atomic E-state index is 12.0. The zero-order valence-electron chi connectivity index (χ0n) is 20.5. The number of carboxylic acid groups (broad SMARTS) is 1. The van der Waals surface area contributed by atoms with Crippen LogP contribution in [-0.4, -0.2) is 68.7 Å². The molecule has 37 heavy (non-hydrogen) atoms. The molecule has 188 valence electrons. The molecule has 6 rings (SSSR count). The number of carbonyl (C=O) groups is 1. The summed E-state index contributed by atoms with van der Waals surface area (Å²) in [4.78, 5) is 23.1. The Kier molecular flexibility index (Phi) is 5.82. The summed E-state index contributed by atoms with van der Waals surface area (Å²) in [6, 6.07) is 15.9. The number of aromatic nitrogens is 5. The van der Waals surface area contributed by atoms with E-state index in [4.69, 9.17) is 14.6 Å². The first-order valence-electron chi connectivity index (χ1n) is 12.0. The highest BCUT2D eigenvalue weighted by molar-refractivity contribution is 5.95. The Morgan fingerprint density at radius 2 is 2.00 bits per heavy atom. The molecule has 1 saturated heterocycles. The Bertz CT molecular complexity index is 1600. The van der Waals surface area contributed by atoms with E-state index < -0.39 is 5.97 Å². The Morgan fingerprint density at radius 3 is 2.78 bits per heavy atom. The fourth-order valence-electron chi connectivity index (χ4n) is 5.00. The third kappa shape index (κ3) is 4.00. The molecular weight excluding hydrogens is 472 g/mol. The van der Waals surface area contributed by atoms with Gasteiger partial charge in [0.2, 0.25) is 0 Å². The highest BCUT2D eigenvalue weighted by Crippen LogP contribution is 2.35. The second-order valence-corrected chi connectivity index (χ2v) is 9.14. The maximum Gasteiger partial charge on any atom is 0.356 e. The Balaban J connectivity index is 1.54. The van der Waals surface area contributed by atoms with E-state index in [1.807, 2.05) is 49.6 Å². The summed E-state index contributed by atoms with van der Waals surface area (Å²) >= 11 is 0. The molecule has 1 N–H and O–H groups in total. The van der Waals surface area contributed by atoms with Crippen LogP contribution in [0.4, 0.5) is 5.69 Å². The van der Waals surface area contributed by atoms with Crippen molar-refractivity contribution in [1.29, 1.82) is 0 Å². The number of rotatable bonds is 7. The first-order chi connectivity index (χ1) is 18.0. The van der Waals surface area contributed by atoms with Crippen LogP contribution in [0.5, 0.6) is 0 Å². The molecule has 1 aliphatic heterocycles. The maximum atomic E-state index is 12.0. The average molecular weight is 499 g/mol. The number of ether oxygens (including phenoxy) is 2. The van der Waals surface area contributed by atoms with Gasteiger partial charge in [-0.3, -0.25) is 0 Å². The van der Waals surface area contributed by atoms with Crippen molar-refractivity contribution in [3.63, 3.8) is 0 Å². The van der Waals surface area contributed by atoms with Crippen molar-refractivity contribution in [2.75, 3.05) is 32.3 Å². The Hall–Kier alpha value is -4.28. The molecule has 0 saturated carbocycles. The van der Waals surface area contributed by atoms with Gasteiger partial charge >= 0.3 is 5.97 Å². The SMILES string of the molecule is CO[C@H]1COC[C@@H]1n1cc(-c2cc(N(C)Cc3ccccc3)c3ncc(C(=O)O)n3n2)c2cccnc21. The van der Waals surface area contributed by atoms with Gasteiger partial charge in [-0.15, -0.1) is 0 Å². The van der Waals surface area contributed by atoms with E-state index in [2.05, 4.69) is 31.6 Å². The van der Waals surface area contributed by atoms with Crippen LogP contribution in [0.3, 0.4) is 0 Å². The van der Waals surface area contributed by atoms with Crippen LogP contribution in [0.25, 0.3) is 27.9 Å². The van der Waals surface area contributed by atoms with E-state index in [0.29, 0.717) is 31.1 Å². The van der Waals surface area contributed by atoms with E-state index >= 15 is 0 Å². The fourth-order valence-corrected chi connectivity index (χ4v) is 5.00. The summed E-state index contributed by atoms with van der Waals surface area (Å²) in [5.41, 5.74) is 4.62. The number of fused-ring (bicyclic) bond motifs is 2. The van der Waals surface area contributed by atoms with Gasteiger partial charge < -0.3 is 24.0 Å². The summed E-state index contributed by atoms with van der Waals surface area (Å²) in [7, 11) is 3.65. The zero-order valence-corrected chi connectivity index (χ0v) is 20.5. The number of pyridine rings is 1. The van der Waals surface area contributed by atoms with Crippen LogP contribution in [0, 0.1) is 0 Å². The summed E-state index contributed by atoms with van der Waals surface area (Å²) in [6.07, 6.45) is 5.02. The molecule has 0 spiro atoms. The molecule has 0 bridgehead atoms. The van der Waals surface area contributed by atoms with Crippen LogP contribution >= 0.6 is 0 Å². The third-order valence-electron chi connectivity index (χ3n) is 6.87. The molecule has 5 aromatic rings. The lowest BCUT2D eigenvalue weighted by molar-refractivity contribution is 0.0687. The van der Waals surface area contributed by atoms with Gasteiger partial charge in [0, 0.05) is 44.0 Å². The normalized spacial score (nSPS) is 17.6. The predicted molar refractivity (Wildman–Crippen MR) is 138 cm³/mol. The molecule has 0 aliphatic carbocycles. The number of nitrogens with zero attached hydrogens (tertiary/aromatic N) is 6. The van der Waals surface area contributed by atoms with Crippen molar-refractivity contribution in [1.82, 2.24) is 24.1 Å². The first-order valence-corrected chi connectivity index (χ1v) is 12.0. The van der Waals surface area contributed by atoms with Crippen molar-refractivity contribution in [3.8, 4) is 11.3 Å². The lowest BCUT2D eigenvalue weighted by Crippen LogP contribution is -2.24. The Morgan fingerprint density at radius 1 is 1.16 bits per heavy atom. The van der Waals surface area contributed by atoms with E-state index in [1.165, 1.54) is 10.7 Å². The molecule has 2 atom stereocenters. The number of imidazole rings is 1. The van der Waals surface area contributed by atoms with Crippen LogP contribution in [0.2, 0.25) is 0 Å². The highest BCUT2D eigenvalue weighted by atomic mass is 16.5. The van der Waals surface area contributed by atoms with Gasteiger partial charge in [0.1, 0.15) is 11.8 Å². The molecule has 0 unspecified atom stereocenters. The summed E-state index contributed by atoms with van der Waals surface area (Å²) in [6.45, 7) is 1.65. The van der Waals surface area contributed by atoms with Crippen molar-refractivity contribution in [2.24, 2.45) is 0 Å². The number of hydrogen-bond acceptors (Lipinski definition) is 7. The monoisotopic (exact) mass is 498 g/mol. The molecule has 10 heteroatoms. The van der Waals surface area contributed by atoms with Gasteiger partial charge in [0.25, 0.3) is 0 Å². The average Bonchev–Trinajstić information content (AvgIpc) is 3.65. The molecule has 4 aromatic heterocycles. The standard InChI is InChI=1S/C27H26N6O4/c1-31(13-17-7-4-3-5-8-17)21-11-20(30-33-22(27(34)35)12-29-26(21)33)19-14-32(23-15-37-16-24(23)36-2)25-18(19)9-6-10-28-25/h3-12,14,23-24H,13,15-16H2,1-2H3,(H,34,35)/t23-,24-/m0/s1. The summed E-state index contributed by atoms with van der Waals surface area (Å²) < 4.78 is 14.9. The van der Waals surface area contributed by atoms with Gasteiger partial charge in [0.15, 0.2) is 11.3 Å². The van der Waals surface area contributed by atoms with Crippen LogP contribution in [-0.2, 0) is 16.0 Å². The largest absolute Gasteiger partial charge is 0.476 e. The summed E-state index contributed by atoms with van der Waals surface area (Å²) in [5, 5.41) is 15.5. The number of hydrogen-bond donors (Lipinski definition) is 1. The minimum atomic E-state index is -1.09. The smallest absolute Gasteiger partial charge is 0.356 e. The number of methoxy groups -OCH3 is 1. The van der Waals surface area contributed by atoms with E-state index in [9.17, 15) is 9.90 Å². The predicted octanol–water partition coefficient (Wildman–Crippen LogP) is 3.67. The number of aromatic carboxylic acids is 1. The van der Waals surface area contributed by atoms with Crippen LogP contribution in [0.15, 0.2) is 67.1 Å². The molecule has 1 aliphatic rings. The van der Waals surface area contributed by atoms with E-state index in [-0.39, 0.29) is 17.8 Å². The molecule has 5 heterocycles. The molecular formula is C27H26N6O4. The lowest BCUT2D eigenvalue weighted by Gasteiger charge is -2.21. The number of anilines is 1. The van der Waals surface area contributed by atoms with Gasteiger partial charge in [-0.1, -0.05) is 30.3 Å². The van der Waals surface area contributed by atoms with Gasteiger partial charge in [-0.2, -0.15) is 5.10 Å². The number of carboxylic acids is 1. The fraction of sp³-hybridized carbons (Fsp3) is 0.259. The molecule has 1 aromatic carbocycles. The van der Waals surface area contributed by atoms with Gasteiger partial charge in [0.05, 0.1) is 36.8 Å². The highest BCUT2D eigenvalue weighted by Gasteiger charge is 2.32. The van der Waals surface area contributed by atoms with Crippen molar-refractivity contribution >= 4 is 28.3 Å². The first kappa shape index (κ1) is 23.1. The second-order valence-electron chi connectivity index (χ2n) is 9.14. The summed E-state index contributed by atoms with van der Waals surface area (Å²) in [5.74, 6) is -1.09. The van der Waals surface area contributed by atoms with Crippen LogP contribution in [0.1, 0.15) is 22.1 Å². The van der Waals surface area contributed by atoms with E-state index in [1.54, 1.807) is 13.3 Å². The molecule has 1 fully saturated rings. The molecule has 0 amide bonds. The van der Waals surface area contributed by atoms with Gasteiger partial charge in [-0.05, 0) is 23.8 Å². The lowest BCUT2D eigenvalue weighted by atomic mass is 10.1. The van der Waals surface area contributed by atoms with Crippen LogP contribution < -0.4 is 4.90 Å². The topological polar surface area (TPSA) is 107 Å². The van der Waals surface area contributed by atoms with Crippen molar-refractivity contribution < 1.29 is 19.4 Å². The third-order valence-corrected chi connectivity index (χ3v) is 6.87. The van der Waals surface area contributed by atoms with E-state index in [0.717, 1.165) is 27.8 Å². The second kappa shape index (κ2) is 9.30. The Labute approximate surface area is 212 Å². The van der Waals surface area contributed by atoms with Crippen molar-refractivity contribution in [3.05, 3.63) is 78.4 Å². The molecule has 10 nitrogen and oxygen atoms in total. The quantitative estimate of drug-likeness (QED) is 0.362. The minimum absolute atomic E-state index is 0.00304. The number of benzene rings is 1. The minimum Gasteiger partial charge on any atom is -0.476 e. The zero-order chi connectivity index (χ0) is 25.5. The van der Waals surface area contributed by atoms with Gasteiger partial charge in [-0.25, -0.2) is 19.3 Å². The molecule has 0 radical (unpaired) electrons.